The van der Waals surface area contributed by atoms with Crippen LogP contribution in [0.1, 0.15) is 68.4 Å². The summed E-state index contributed by atoms with van der Waals surface area (Å²) in [5.74, 6) is 0.433. The molecule has 0 aliphatic carbocycles. The van der Waals surface area contributed by atoms with Gasteiger partial charge in [0.15, 0.2) is 0 Å². The molecule has 448 valence electrons. The van der Waals surface area contributed by atoms with Crippen LogP contribution in [0.2, 0.25) is 0 Å². The van der Waals surface area contributed by atoms with Gasteiger partial charge >= 0.3 is 37.1 Å². The Bertz CT molecular complexity index is 2860. The Labute approximate surface area is 465 Å². The molecule has 0 radical (unpaired) electrons. The van der Waals surface area contributed by atoms with Crippen LogP contribution in [-0.4, -0.2) is 164 Å². The quantitative estimate of drug-likeness (QED) is 0.0258. The molecule has 1 aromatic heterocycles. The number of alkyl carbamates (subject to hydrolysis) is 2. The minimum Gasteiger partial charge on any atom is -0.453 e. The number of halogens is 10. The molecule has 2 aliphatic rings. The summed E-state index contributed by atoms with van der Waals surface area (Å²) in [6.45, 7) is -2.19. The molecule has 3 aromatic rings. The highest BCUT2D eigenvalue weighted by Gasteiger charge is 2.57. The summed E-state index contributed by atoms with van der Waals surface area (Å²) in [7, 11) is 5.00. The predicted molar refractivity (Wildman–Crippen MR) is 278 cm³/mol. The van der Waals surface area contributed by atoms with Crippen molar-refractivity contribution in [3.63, 3.8) is 0 Å². The molecule has 0 spiro atoms. The Morgan fingerprint density at radius 2 is 1.33 bits per heavy atom. The summed E-state index contributed by atoms with van der Waals surface area (Å²) in [5.41, 5.74) is 0.657. The molecule has 2 fully saturated rings. The average Bonchev–Trinajstić information content (AvgIpc) is 3.89. The van der Waals surface area contributed by atoms with Gasteiger partial charge in [-0.2, -0.15) is 35.1 Å². The van der Waals surface area contributed by atoms with E-state index >= 15 is 8.78 Å². The van der Waals surface area contributed by atoms with Gasteiger partial charge in [0.25, 0.3) is 5.91 Å². The van der Waals surface area contributed by atoms with Gasteiger partial charge in [-0.3, -0.25) is 15.0 Å². The van der Waals surface area contributed by atoms with Crippen molar-refractivity contribution >= 4 is 47.6 Å². The second kappa shape index (κ2) is 26.8. The van der Waals surface area contributed by atoms with Gasteiger partial charge in [-0.05, 0) is 94.5 Å². The summed E-state index contributed by atoms with van der Waals surface area (Å²) in [4.78, 5) is 78.7. The van der Waals surface area contributed by atoms with Crippen LogP contribution in [-0.2, 0) is 32.0 Å². The van der Waals surface area contributed by atoms with E-state index < -0.39 is 126 Å². The summed E-state index contributed by atoms with van der Waals surface area (Å²) < 4.78 is 154. The Morgan fingerprint density at radius 1 is 0.817 bits per heavy atom. The zero-order valence-electron chi connectivity index (χ0n) is 45.7. The fourth-order valence-electron chi connectivity index (χ4n) is 8.97. The van der Waals surface area contributed by atoms with Crippen LogP contribution in [0.5, 0.6) is 0 Å². The van der Waals surface area contributed by atoms with Crippen LogP contribution in [0.25, 0.3) is 5.57 Å². The normalized spacial score (nSPS) is 17.4. The summed E-state index contributed by atoms with van der Waals surface area (Å²) >= 11 is 0. The number of benzene rings is 2. The molecule has 2 aliphatic heterocycles. The number of rotatable bonds is 19. The minimum atomic E-state index is -5.25. The number of nitrogens with zero attached hydrogens (tertiary/aromatic N) is 6. The lowest BCUT2D eigenvalue weighted by molar-refractivity contribution is -0.221. The lowest BCUT2D eigenvalue weighted by atomic mass is 9.82. The number of aliphatic hydroxyl groups excluding tert-OH is 1. The zero-order chi connectivity index (χ0) is 61.2. The molecule has 7 N–H and O–H groups in total. The van der Waals surface area contributed by atoms with Crippen LogP contribution < -0.4 is 32.0 Å². The topological polar surface area (TPSA) is 236 Å². The van der Waals surface area contributed by atoms with E-state index in [0.29, 0.717) is 87.3 Å². The number of amides is 6. The van der Waals surface area contributed by atoms with E-state index in [4.69, 9.17) is 5.73 Å². The van der Waals surface area contributed by atoms with Gasteiger partial charge in [0.2, 0.25) is 5.91 Å². The van der Waals surface area contributed by atoms with Crippen molar-refractivity contribution in [2.75, 3.05) is 52.8 Å². The number of hydrazine groups is 1. The van der Waals surface area contributed by atoms with Crippen LogP contribution in [0.4, 0.5) is 64.1 Å². The highest BCUT2D eigenvalue weighted by Crippen LogP contribution is 2.42. The van der Waals surface area contributed by atoms with E-state index in [0.717, 1.165) is 27.1 Å². The van der Waals surface area contributed by atoms with Gasteiger partial charge in [-0.25, -0.2) is 38.1 Å². The van der Waals surface area contributed by atoms with E-state index in [2.05, 4.69) is 41.5 Å². The lowest BCUT2D eigenvalue weighted by Gasteiger charge is -2.42. The first-order valence-electron chi connectivity index (χ1n) is 25.1. The molecule has 2 aromatic carbocycles. The van der Waals surface area contributed by atoms with Crippen molar-refractivity contribution in [1.82, 2.24) is 41.2 Å². The monoisotopic (exact) mass is 1170 g/mol. The molecule has 6 amide bonds. The molecule has 82 heavy (non-hydrogen) atoms. The molecule has 5 rings (SSSR count). The van der Waals surface area contributed by atoms with Gasteiger partial charge in [-0.15, -0.1) is 0 Å². The third kappa shape index (κ3) is 16.0. The van der Waals surface area contributed by atoms with E-state index in [9.17, 15) is 64.2 Å². The molecule has 2 bridgehead atoms. The standard InChI is InChI=1S/C53H63F10N11O8/c1-50(2,52(58,59)60)42(68-47(78)81-7)44(76)67-39(19-30-12-9-29(10-13-30)11-14-31-15-18-41(65-23-31)72-25-34-16-17-35(26-72)74(34)49(80)71(5)6)40(75)28-73(70-45(77)43(69-48(79)82-8)51(3,4)53(61,62)63)27-36-37(54)20-32(21-38(36)55)33(22-64)24-66-46(56)57/h9-10,12-13,15,18,20-24,34-35,39-40,42-43,46,75H,16-17,19,25-28,64H2,1-8H3,(H,67,76)(H,68,78)(H,69,79)(H,70,77)/t34?,35?,39-,40-,42+,43+/m0/s1. The van der Waals surface area contributed by atoms with Crippen LogP contribution in [0.15, 0.2) is 65.9 Å². The number of aliphatic hydroxyl groups is 1. The SMILES string of the molecule is COC(=O)N[C@H](C(=O)N[C@@H](Cc1ccc(C#Cc2ccc(N3CC4CCC(C3)N4C(=O)N(C)C)nc2)cc1)[C@@H](O)CN(Cc1c(F)cc(C(C=NC(F)F)=CN)cc1F)NC(=O)[C@@H](NC(=O)OC)C(C)(C)C(F)(F)F)C(C)(C)C(F)(F)F. The Morgan fingerprint density at radius 3 is 1.79 bits per heavy atom. The number of urea groups is 1. The first-order valence-corrected chi connectivity index (χ1v) is 25.1. The maximum Gasteiger partial charge on any atom is 0.407 e. The highest BCUT2D eigenvalue weighted by molar-refractivity contribution is 6.09. The van der Waals surface area contributed by atoms with E-state index in [1.165, 1.54) is 24.3 Å². The molecule has 2 unspecified atom stereocenters. The van der Waals surface area contributed by atoms with Crippen LogP contribution in [0, 0.1) is 34.3 Å². The largest absolute Gasteiger partial charge is 0.453 e. The van der Waals surface area contributed by atoms with Gasteiger partial charge in [0.1, 0.15) is 29.5 Å². The first-order chi connectivity index (χ1) is 38.2. The number of carbonyl (C=O) groups excluding carboxylic acids is 5. The number of fused-ring (bicyclic) bond motifs is 2. The van der Waals surface area contributed by atoms with E-state index in [1.807, 2.05) is 15.6 Å². The van der Waals surface area contributed by atoms with Crippen LogP contribution >= 0.6 is 0 Å². The molecular weight excluding hydrogens is 1110 g/mol. The summed E-state index contributed by atoms with van der Waals surface area (Å²) in [6, 6.07) is 3.86. The number of methoxy groups -OCH3 is 2. The van der Waals surface area contributed by atoms with Gasteiger partial charge in [0.05, 0.1) is 49.3 Å². The van der Waals surface area contributed by atoms with E-state index in [-0.39, 0.29) is 23.7 Å². The molecule has 29 heteroatoms. The second-order valence-corrected chi connectivity index (χ2v) is 20.6. The van der Waals surface area contributed by atoms with Crippen molar-refractivity contribution in [1.29, 1.82) is 0 Å². The number of anilines is 1. The highest BCUT2D eigenvalue weighted by atomic mass is 19.4. The Kier molecular flexibility index (Phi) is 21.2. The number of aliphatic imine (C=N–C) groups is 1. The molecule has 19 nitrogen and oxygen atoms in total. The van der Waals surface area contributed by atoms with Crippen molar-refractivity contribution in [2.45, 2.75) is 109 Å². The lowest BCUT2D eigenvalue weighted by Crippen LogP contribution is -2.63. The van der Waals surface area contributed by atoms with Crippen molar-refractivity contribution in [2.24, 2.45) is 21.6 Å². The molecule has 0 saturated carbocycles. The first kappa shape index (κ1) is 64.9. The number of aromatic nitrogens is 1. The maximum atomic E-state index is 16.0. The summed E-state index contributed by atoms with van der Waals surface area (Å²) in [6.07, 6.45) is -11.6. The number of alkyl halides is 8. The van der Waals surface area contributed by atoms with E-state index in [1.54, 1.807) is 42.6 Å². The number of hydrogen-bond acceptors (Lipinski definition) is 13. The Balaban J connectivity index is 1.51. The van der Waals surface area contributed by atoms with Gasteiger partial charge < -0.3 is 51.0 Å². The molecule has 2 saturated heterocycles. The fraction of sp³-hybridized carbons (Fsp3) is 0.491. The number of piperazine rings is 1. The second-order valence-electron chi connectivity index (χ2n) is 20.6. The Hall–Kier alpha value is -7.87. The molecule has 3 heterocycles. The number of nitrogens with two attached hydrogens (primary N) is 1. The number of ether oxygens (including phenoxy) is 2. The zero-order valence-corrected chi connectivity index (χ0v) is 45.7. The molecular formula is C53H63F10N11O8. The number of pyridine rings is 1. The number of hydrogen-bond donors (Lipinski definition) is 6. The number of nitrogens with one attached hydrogen (secondary N) is 4. The predicted octanol–water partition coefficient (Wildman–Crippen LogP) is 6.24. The third-order valence-electron chi connectivity index (χ3n) is 14.0. The minimum absolute atomic E-state index is 0.0322. The third-order valence-corrected chi connectivity index (χ3v) is 14.0. The van der Waals surface area contributed by atoms with Gasteiger partial charge in [-0.1, -0.05) is 24.0 Å². The summed E-state index contributed by atoms with van der Waals surface area (Å²) in [5, 5.41) is 18.4. The molecule has 6 atom stereocenters. The maximum absolute atomic E-state index is 16.0. The fourth-order valence-corrected chi connectivity index (χ4v) is 8.97. The van der Waals surface area contributed by atoms with Crippen molar-refractivity contribution < 1.29 is 82.5 Å². The smallest absolute Gasteiger partial charge is 0.407 e. The van der Waals surface area contributed by atoms with Crippen molar-refractivity contribution in [3.05, 3.63) is 100 Å². The van der Waals surface area contributed by atoms with Crippen molar-refractivity contribution in [3.8, 4) is 11.8 Å². The number of allylic oxidation sites excluding steroid dienone is 1. The average molecular weight is 1170 g/mol. The number of carbonyl (C=O) groups is 5. The van der Waals surface area contributed by atoms with Gasteiger partial charge in [0, 0.05) is 81.1 Å². The van der Waals surface area contributed by atoms with Crippen LogP contribution in [0.3, 0.4) is 0 Å².